The average molecular weight is 235 g/mol. The third-order valence-electron chi connectivity index (χ3n) is 2.97. The Morgan fingerprint density at radius 1 is 0.889 bits per heavy atom. The van der Waals surface area contributed by atoms with Crippen LogP contribution in [0.2, 0.25) is 0 Å². The Morgan fingerprint density at radius 2 is 1.72 bits per heavy atom. The summed E-state index contributed by atoms with van der Waals surface area (Å²) in [6.07, 6.45) is 2.76. The summed E-state index contributed by atoms with van der Waals surface area (Å²) in [5.74, 6) is 0.279. The van der Waals surface area contributed by atoms with Crippen molar-refractivity contribution in [3.63, 3.8) is 0 Å². The Hall–Kier alpha value is -2.35. The number of hydrogen-bond acceptors (Lipinski definition) is 2. The van der Waals surface area contributed by atoms with Gasteiger partial charge in [-0.05, 0) is 41.8 Å². The molecule has 0 bridgehead atoms. The number of nitrogens with zero attached hydrogens (tertiary/aromatic N) is 1. The van der Waals surface area contributed by atoms with Crippen LogP contribution in [0, 0.1) is 0 Å². The van der Waals surface area contributed by atoms with E-state index in [1.54, 1.807) is 12.1 Å². The largest absolute Gasteiger partial charge is 0.508 e. The first-order valence-corrected chi connectivity index (χ1v) is 5.93. The number of hydrogen-bond donors (Lipinski definition) is 1. The summed E-state index contributed by atoms with van der Waals surface area (Å²) < 4.78 is 0. The second kappa shape index (κ2) is 4.49. The number of pyridine rings is 1. The molecule has 1 N–H and O–H groups in total. The van der Waals surface area contributed by atoms with Gasteiger partial charge in [0.05, 0.1) is 5.52 Å². The van der Waals surface area contributed by atoms with Crippen molar-refractivity contribution in [2.45, 2.75) is 6.42 Å². The average Bonchev–Trinajstić information content (AvgIpc) is 2.39. The van der Waals surface area contributed by atoms with Crippen LogP contribution in [0.15, 0.2) is 60.8 Å². The van der Waals surface area contributed by atoms with Gasteiger partial charge in [-0.25, -0.2) is 0 Å². The predicted molar refractivity (Wildman–Crippen MR) is 72.7 cm³/mol. The molecular formula is C16H13NO. The number of aromatic nitrogens is 1. The normalized spacial score (nSPS) is 10.7. The minimum absolute atomic E-state index is 0.279. The molecule has 0 aliphatic carbocycles. The van der Waals surface area contributed by atoms with E-state index in [1.165, 1.54) is 5.56 Å². The lowest BCUT2D eigenvalue weighted by Crippen LogP contribution is -1.89. The van der Waals surface area contributed by atoms with Crippen LogP contribution in [0.3, 0.4) is 0 Å². The molecule has 2 aromatic carbocycles. The van der Waals surface area contributed by atoms with Gasteiger partial charge in [0.1, 0.15) is 5.75 Å². The highest BCUT2D eigenvalue weighted by atomic mass is 16.3. The fourth-order valence-corrected chi connectivity index (χ4v) is 2.09. The second-order valence-corrected chi connectivity index (χ2v) is 4.38. The molecule has 0 saturated carbocycles. The molecule has 0 unspecified atom stereocenters. The van der Waals surface area contributed by atoms with Crippen molar-refractivity contribution >= 4 is 10.9 Å². The summed E-state index contributed by atoms with van der Waals surface area (Å²) in [7, 11) is 0. The standard InChI is InChI=1S/C16H13NO/c18-15-6-7-16-14(10-15)9-13(11-17-16)8-12-4-2-1-3-5-12/h1-7,9-11,18H,8H2. The van der Waals surface area contributed by atoms with Gasteiger partial charge in [-0.15, -0.1) is 0 Å². The van der Waals surface area contributed by atoms with Gasteiger partial charge in [0.2, 0.25) is 0 Å². The van der Waals surface area contributed by atoms with E-state index >= 15 is 0 Å². The lowest BCUT2D eigenvalue weighted by Gasteiger charge is -2.04. The van der Waals surface area contributed by atoms with Gasteiger partial charge >= 0.3 is 0 Å². The van der Waals surface area contributed by atoms with Crippen LogP contribution in [-0.4, -0.2) is 10.1 Å². The van der Waals surface area contributed by atoms with Crippen molar-refractivity contribution in [3.05, 3.63) is 71.9 Å². The van der Waals surface area contributed by atoms with Crippen molar-refractivity contribution in [1.29, 1.82) is 0 Å². The van der Waals surface area contributed by atoms with Crippen LogP contribution in [-0.2, 0) is 6.42 Å². The Kier molecular flexibility index (Phi) is 2.69. The molecule has 1 aromatic heterocycles. The summed E-state index contributed by atoms with van der Waals surface area (Å²) in [5, 5.41) is 10.5. The molecule has 0 spiro atoms. The number of fused-ring (bicyclic) bond motifs is 1. The topological polar surface area (TPSA) is 33.1 Å². The summed E-state index contributed by atoms with van der Waals surface area (Å²) in [4.78, 5) is 4.41. The molecule has 0 amide bonds. The van der Waals surface area contributed by atoms with E-state index in [0.29, 0.717) is 0 Å². The molecule has 3 aromatic rings. The highest BCUT2D eigenvalue weighted by Crippen LogP contribution is 2.20. The van der Waals surface area contributed by atoms with E-state index < -0.39 is 0 Å². The molecular weight excluding hydrogens is 222 g/mol. The minimum atomic E-state index is 0.279. The van der Waals surface area contributed by atoms with Crippen molar-refractivity contribution in [1.82, 2.24) is 4.98 Å². The predicted octanol–water partition coefficient (Wildman–Crippen LogP) is 3.53. The first-order chi connectivity index (χ1) is 8.81. The fourth-order valence-electron chi connectivity index (χ4n) is 2.09. The van der Waals surface area contributed by atoms with E-state index in [2.05, 4.69) is 23.2 Å². The molecule has 0 fully saturated rings. The van der Waals surface area contributed by atoms with Gasteiger partial charge < -0.3 is 5.11 Å². The Bertz CT molecular complexity index is 677. The van der Waals surface area contributed by atoms with Crippen molar-refractivity contribution in [3.8, 4) is 5.75 Å². The van der Waals surface area contributed by atoms with E-state index in [4.69, 9.17) is 0 Å². The molecule has 18 heavy (non-hydrogen) atoms. The number of benzene rings is 2. The van der Waals surface area contributed by atoms with Gasteiger partial charge in [0.15, 0.2) is 0 Å². The zero-order valence-electron chi connectivity index (χ0n) is 9.88. The molecule has 1 heterocycles. The first-order valence-electron chi connectivity index (χ1n) is 5.93. The van der Waals surface area contributed by atoms with Crippen molar-refractivity contribution in [2.24, 2.45) is 0 Å². The van der Waals surface area contributed by atoms with Crippen LogP contribution in [0.5, 0.6) is 5.75 Å². The quantitative estimate of drug-likeness (QED) is 0.737. The van der Waals surface area contributed by atoms with Crippen LogP contribution < -0.4 is 0 Å². The van der Waals surface area contributed by atoms with E-state index in [1.807, 2.05) is 30.5 Å². The zero-order chi connectivity index (χ0) is 12.4. The first kappa shape index (κ1) is 10.8. The smallest absolute Gasteiger partial charge is 0.116 e. The summed E-state index contributed by atoms with van der Waals surface area (Å²) >= 11 is 0. The van der Waals surface area contributed by atoms with Crippen LogP contribution >= 0.6 is 0 Å². The number of aromatic hydroxyl groups is 1. The number of phenols is 1. The maximum Gasteiger partial charge on any atom is 0.116 e. The Morgan fingerprint density at radius 3 is 2.56 bits per heavy atom. The maximum atomic E-state index is 9.48. The van der Waals surface area contributed by atoms with Gasteiger partial charge in [-0.3, -0.25) is 4.98 Å². The van der Waals surface area contributed by atoms with Crippen LogP contribution in [0.1, 0.15) is 11.1 Å². The second-order valence-electron chi connectivity index (χ2n) is 4.38. The van der Waals surface area contributed by atoms with E-state index in [9.17, 15) is 5.11 Å². The Balaban J connectivity index is 1.98. The maximum absolute atomic E-state index is 9.48. The molecule has 0 aliphatic heterocycles. The SMILES string of the molecule is Oc1ccc2ncc(Cc3ccccc3)cc2c1. The number of rotatable bonds is 2. The molecule has 0 radical (unpaired) electrons. The van der Waals surface area contributed by atoms with Gasteiger partial charge in [0.25, 0.3) is 0 Å². The molecule has 88 valence electrons. The summed E-state index contributed by atoms with van der Waals surface area (Å²) in [6.45, 7) is 0. The van der Waals surface area contributed by atoms with Gasteiger partial charge in [-0.1, -0.05) is 30.3 Å². The molecule has 0 saturated heterocycles. The molecule has 2 heteroatoms. The number of phenolic OH excluding ortho intramolecular Hbond substituents is 1. The Labute approximate surface area is 106 Å². The zero-order valence-corrected chi connectivity index (χ0v) is 9.88. The molecule has 3 rings (SSSR count). The summed E-state index contributed by atoms with van der Waals surface area (Å²) in [5.41, 5.74) is 3.32. The van der Waals surface area contributed by atoms with Gasteiger partial charge in [0, 0.05) is 11.6 Å². The van der Waals surface area contributed by atoms with Crippen molar-refractivity contribution < 1.29 is 5.11 Å². The fraction of sp³-hybridized carbons (Fsp3) is 0.0625. The molecule has 0 atom stereocenters. The van der Waals surface area contributed by atoms with Crippen LogP contribution in [0.25, 0.3) is 10.9 Å². The summed E-state index contributed by atoms with van der Waals surface area (Å²) in [6, 6.07) is 17.6. The van der Waals surface area contributed by atoms with E-state index in [0.717, 1.165) is 22.9 Å². The highest BCUT2D eigenvalue weighted by molar-refractivity contribution is 5.80. The third-order valence-corrected chi connectivity index (χ3v) is 2.97. The lowest BCUT2D eigenvalue weighted by atomic mass is 10.0. The molecule has 0 aliphatic rings. The third kappa shape index (κ3) is 2.18. The molecule has 2 nitrogen and oxygen atoms in total. The van der Waals surface area contributed by atoms with Crippen molar-refractivity contribution in [2.75, 3.05) is 0 Å². The van der Waals surface area contributed by atoms with Crippen LogP contribution in [0.4, 0.5) is 0 Å². The minimum Gasteiger partial charge on any atom is -0.508 e. The monoisotopic (exact) mass is 235 g/mol. The van der Waals surface area contributed by atoms with E-state index in [-0.39, 0.29) is 5.75 Å². The van der Waals surface area contributed by atoms with Gasteiger partial charge in [-0.2, -0.15) is 0 Å². The lowest BCUT2D eigenvalue weighted by molar-refractivity contribution is 0.476. The highest BCUT2D eigenvalue weighted by Gasteiger charge is 2.00.